The van der Waals surface area contributed by atoms with Crippen LogP contribution in [0.3, 0.4) is 0 Å². The van der Waals surface area contributed by atoms with Gasteiger partial charge in [-0.15, -0.1) is 0 Å². The van der Waals surface area contributed by atoms with E-state index in [0.717, 1.165) is 5.82 Å². The van der Waals surface area contributed by atoms with E-state index in [-0.39, 0.29) is 11.8 Å². The first kappa shape index (κ1) is 12.4. The first-order valence-electron chi connectivity index (χ1n) is 8.18. The smallest absolute Gasteiger partial charge is 0.229 e. The summed E-state index contributed by atoms with van der Waals surface area (Å²) in [5, 5.41) is 10.2. The Morgan fingerprint density at radius 3 is 2.35 bits per heavy atom. The maximum absolute atomic E-state index is 12.6. The van der Waals surface area contributed by atoms with E-state index in [2.05, 4.69) is 15.5 Å². The summed E-state index contributed by atoms with van der Waals surface area (Å²) in [6.45, 7) is 0. The van der Waals surface area contributed by atoms with Crippen LogP contribution in [0.5, 0.6) is 0 Å². The maximum atomic E-state index is 12.6. The lowest BCUT2D eigenvalue weighted by Gasteiger charge is -2.44. The van der Waals surface area contributed by atoms with Gasteiger partial charge in [0.25, 0.3) is 0 Å². The van der Waals surface area contributed by atoms with Crippen molar-refractivity contribution in [2.24, 2.45) is 17.8 Å². The molecule has 0 bridgehead atoms. The highest BCUT2D eigenvalue weighted by molar-refractivity contribution is 5.95. The van der Waals surface area contributed by atoms with Crippen LogP contribution in [0.15, 0.2) is 6.20 Å². The molecule has 1 aliphatic heterocycles. The number of amides is 1. The molecular weight excluding hydrogens is 250 g/mol. The van der Waals surface area contributed by atoms with Crippen LogP contribution in [0.25, 0.3) is 0 Å². The lowest BCUT2D eigenvalue weighted by molar-refractivity contribution is -0.125. The van der Waals surface area contributed by atoms with Gasteiger partial charge in [0.1, 0.15) is 5.82 Å². The molecule has 2 fully saturated rings. The second-order valence-corrected chi connectivity index (χ2v) is 6.83. The first-order valence-corrected chi connectivity index (χ1v) is 8.18. The van der Waals surface area contributed by atoms with Crippen molar-refractivity contribution in [3.05, 3.63) is 11.8 Å². The summed E-state index contributed by atoms with van der Waals surface area (Å²) in [5.41, 5.74) is 1.27. The van der Waals surface area contributed by atoms with Crippen LogP contribution in [0, 0.1) is 17.8 Å². The SMILES string of the molecule is O=C1Nc2[nH]ncc2C(C2CCCCC2)C1C1CCC1. The van der Waals surface area contributed by atoms with E-state index < -0.39 is 0 Å². The van der Waals surface area contributed by atoms with Crippen LogP contribution < -0.4 is 5.32 Å². The Kier molecular flexibility index (Phi) is 3.04. The molecule has 4 nitrogen and oxygen atoms in total. The van der Waals surface area contributed by atoms with Gasteiger partial charge in [-0.05, 0) is 37.5 Å². The van der Waals surface area contributed by atoms with Crippen LogP contribution >= 0.6 is 0 Å². The topological polar surface area (TPSA) is 57.8 Å². The molecule has 1 aromatic heterocycles. The van der Waals surface area contributed by atoms with Gasteiger partial charge < -0.3 is 5.32 Å². The molecule has 4 rings (SSSR count). The minimum Gasteiger partial charge on any atom is -0.311 e. The van der Waals surface area contributed by atoms with Crippen LogP contribution in [0.1, 0.15) is 62.8 Å². The molecule has 4 heteroatoms. The van der Waals surface area contributed by atoms with Gasteiger partial charge in [-0.1, -0.05) is 25.7 Å². The predicted octanol–water partition coefficient (Wildman–Crippen LogP) is 3.44. The molecule has 3 aliphatic rings. The van der Waals surface area contributed by atoms with Crippen molar-refractivity contribution in [1.29, 1.82) is 0 Å². The van der Waals surface area contributed by atoms with Crippen molar-refractivity contribution in [2.45, 2.75) is 57.3 Å². The molecule has 20 heavy (non-hydrogen) atoms. The van der Waals surface area contributed by atoms with Gasteiger partial charge in [0.15, 0.2) is 0 Å². The van der Waals surface area contributed by atoms with Gasteiger partial charge in [0.05, 0.1) is 6.20 Å². The van der Waals surface area contributed by atoms with Crippen LogP contribution in [0.4, 0.5) is 5.82 Å². The van der Waals surface area contributed by atoms with Gasteiger partial charge in [-0.25, -0.2) is 0 Å². The quantitative estimate of drug-likeness (QED) is 0.867. The van der Waals surface area contributed by atoms with Crippen molar-refractivity contribution in [1.82, 2.24) is 10.2 Å². The highest BCUT2D eigenvalue weighted by Gasteiger charge is 2.46. The van der Waals surface area contributed by atoms with Crippen molar-refractivity contribution >= 4 is 11.7 Å². The molecule has 0 radical (unpaired) electrons. The van der Waals surface area contributed by atoms with Gasteiger partial charge >= 0.3 is 0 Å². The predicted molar refractivity (Wildman–Crippen MR) is 77.4 cm³/mol. The van der Waals surface area contributed by atoms with E-state index in [1.165, 1.54) is 56.9 Å². The lowest BCUT2D eigenvalue weighted by atomic mass is 9.62. The summed E-state index contributed by atoms with van der Waals surface area (Å²) >= 11 is 0. The fourth-order valence-electron chi connectivity index (χ4n) is 4.56. The molecule has 2 saturated carbocycles. The second kappa shape index (κ2) is 4.90. The number of anilines is 1. The number of nitrogens with one attached hydrogen (secondary N) is 2. The van der Waals surface area contributed by atoms with E-state index in [9.17, 15) is 4.79 Å². The number of nitrogens with zero attached hydrogens (tertiary/aromatic N) is 1. The third-order valence-corrected chi connectivity index (χ3v) is 5.78. The number of H-pyrrole nitrogens is 1. The van der Waals surface area contributed by atoms with E-state index in [1.807, 2.05) is 6.20 Å². The Hall–Kier alpha value is -1.32. The zero-order chi connectivity index (χ0) is 13.5. The minimum absolute atomic E-state index is 0.192. The number of fused-ring (bicyclic) bond motifs is 1. The van der Waals surface area contributed by atoms with Crippen LogP contribution in [-0.2, 0) is 4.79 Å². The highest BCUT2D eigenvalue weighted by Crippen LogP contribution is 2.51. The molecular formula is C16H23N3O. The number of carbonyl (C=O) groups is 1. The van der Waals surface area contributed by atoms with Crippen LogP contribution in [0.2, 0.25) is 0 Å². The summed E-state index contributed by atoms with van der Waals surface area (Å²) in [5.74, 6) is 2.98. The molecule has 2 heterocycles. The Morgan fingerprint density at radius 2 is 1.65 bits per heavy atom. The van der Waals surface area contributed by atoms with Crippen molar-refractivity contribution in [2.75, 3.05) is 5.32 Å². The third kappa shape index (κ3) is 1.88. The molecule has 2 aliphatic carbocycles. The monoisotopic (exact) mass is 273 g/mol. The number of hydrogen-bond donors (Lipinski definition) is 2. The van der Waals surface area contributed by atoms with Crippen LogP contribution in [-0.4, -0.2) is 16.1 Å². The zero-order valence-electron chi connectivity index (χ0n) is 11.9. The molecule has 2 N–H and O–H groups in total. The zero-order valence-corrected chi connectivity index (χ0v) is 11.9. The molecule has 0 spiro atoms. The van der Waals surface area contributed by atoms with Gasteiger partial charge in [0.2, 0.25) is 5.91 Å². The first-order chi connectivity index (χ1) is 9.84. The second-order valence-electron chi connectivity index (χ2n) is 6.83. The summed E-state index contributed by atoms with van der Waals surface area (Å²) in [6.07, 6.45) is 12.3. The summed E-state index contributed by atoms with van der Waals surface area (Å²) in [4.78, 5) is 12.6. The number of carbonyl (C=O) groups excluding carboxylic acids is 1. The molecule has 1 aromatic rings. The molecule has 2 unspecified atom stereocenters. The third-order valence-electron chi connectivity index (χ3n) is 5.78. The number of aromatic amines is 1. The molecule has 1 amide bonds. The lowest BCUT2D eigenvalue weighted by Crippen LogP contribution is -2.43. The summed E-state index contributed by atoms with van der Waals surface area (Å²) in [6, 6.07) is 0. The Bertz CT molecular complexity index is 500. The fraction of sp³-hybridized carbons (Fsp3) is 0.750. The number of aromatic nitrogens is 2. The average Bonchev–Trinajstić information content (AvgIpc) is 2.86. The Balaban J connectivity index is 1.70. The van der Waals surface area contributed by atoms with Crippen molar-refractivity contribution in [3.8, 4) is 0 Å². The molecule has 108 valence electrons. The maximum Gasteiger partial charge on any atom is 0.229 e. The summed E-state index contributed by atoms with van der Waals surface area (Å²) in [7, 11) is 0. The highest BCUT2D eigenvalue weighted by atomic mass is 16.2. The van der Waals surface area contributed by atoms with E-state index in [0.29, 0.717) is 17.8 Å². The standard InChI is InChI=1S/C16H23N3O/c20-16-14(11-7-4-8-11)13(10-5-2-1-3-6-10)12-9-17-19-15(12)18-16/h9-11,13-14H,1-8H2,(H2,17,18,19,20). The molecule has 0 saturated heterocycles. The molecule has 2 atom stereocenters. The largest absolute Gasteiger partial charge is 0.311 e. The average molecular weight is 273 g/mol. The van der Waals surface area contributed by atoms with Gasteiger partial charge in [0, 0.05) is 17.4 Å². The molecule has 0 aromatic carbocycles. The minimum atomic E-state index is 0.192. The Morgan fingerprint density at radius 1 is 0.950 bits per heavy atom. The normalized spacial score (nSPS) is 31.5. The van der Waals surface area contributed by atoms with E-state index in [4.69, 9.17) is 0 Å². The fourth-order valence-corrected chi connectivity index (χ4v) is 4.56. The number of rotatable bonds is 2. The van der Waals surface area contributed by atoms with Gasteiger partial charge in [-0.3, -0.25) is 9.89 Å². The number of hydrogen-bond acceptors (Lipinski definition) is 2. The van der Waals surface area contributed by atoms with Crippen molar-refractivity contribution < 1.29 is 4.79 Å². The Labute approximate surface area is 119 Å². The van der Waals surface area contributed by atoms with E-state index >= 15 is 0 Å². The summed E-state index contributed by atoms with van der Waals surface area (Å²) < 4.78 is 0. The van der Waals surface area contributed by atoms with E-state index in [1.54, 1.807) is 0 Å². The van der Waals surface area contributed by atoms with Crippen molar-refractivity contribution in [3.63, 3.8) is 0 Å². The van der Waals surface area contributed by atoms with Gasteiger partial charge in [-0.2, -0.15) is 5.10 Å².